The standard InChI is InChI=1S/C16H28N2/c1-6-14(7-2)10-15(18-17)16-12(4)8-11(3)9-13(16)5/h8-9,14-15,18H,6-7,10,17H2,1-5H3. The second kappa shape index (κ2) is 6.91. The van der Waals surface area contributed by atoms with Crippen molar-refractivity contribution >= 4 is 0 Å². The van der Waals surface area contributed by atoms with Crippen molar-refractivity contribution in [3.05, 3.63) is 34.4 Å². The Hall–Kier alpha value is -0.860. The third-order valence-corrected chi connectivity index (χ3v) is 4.01. The average Bonchev–Trinajstić information content (AvgIpc) is 2.32. The van der Waals surface area contributed by atoms with Gasteiger partial charge in [-0.3, -0.25) is 11.3 Å². The number of nitrogens with two attached hydrogens (primary N) is 1. The average molecular weight is 248 g/mol. The number of nitrogens with one attached hydrogen (secondary N) is 1. The van der Waals surface area contributed by atoms with Gasteiger partial charge in [0.15, 0.2) is 0 Å². The van der Waals surface area contributed by atoms with E-state index in [1.165, 1.54) is 35.1 Å². The van der Waals surface area contributed by atoms with Crippen LogP contribution in [0.1, 0.15) is 61.4 Å². The van der Waals surface area contributed by atoms with Crippen LogP contribution in [0, 0.1) is 26.7 Å². The van der Waals surface area contributed by atoms with Gasteiger partial charge in [-0.05, 0) is 49.8 Å². The van der Waals surface area contributed by atoms with Gasteiger partial charge in [0.1, 0.15) is 0 Å². The fraction of sp³-hybridized carbons (Fsp3) is 0.625. The van der Waals surface area contributed by atoms with Crippen molar-refractivity contribution in [2.24, 2.45) is 11.8 Å². The van der Waals surface area contributed by atoms with Crippen molar-refractivity contribution in [1.82, 2.24) is 5.43 Å². The van der Waals surface area contributed by atoms with Gasteiger partial charge in [-0.25, -0.2) is 0 Å². The lowest BCUT2D eigenvalue weighted by atomic mass is 9.87. The predicted octanol–water partition coefficient (Wildman–Crippen LogP) is 3.94. The normalized spacial score (nSPS) is 13.1. The van der Waals surface area contributed by atoms with Gasteiger partial charge in [0, 0.05) is 6.04 Å². The molecule has 3 N–H and O–H groups in total. The van der Waals surface area contributed by atoms with Crippen LogP contribution in [0.15, 0.2) is 12.1 Å². The quantitative estimate of drug-likeness (QED) is 0.591. The van der Waals surface area contributed by atoms with E-state index in [9.17, 15) is 0 Å². The minimum absolute atomic E-state index is 0.274. The molecule has 0 fully saturated rings. The maximum atomic E-state index is 5.79. The maximum absolute atomic E-state index is 5.79. The molecule has 0 aliphatic heterocycles. The van der Waals surface area contributed by atoms with Gasteiger partial charge in [-0.15, -0.1) is 0 Å². The molecule has 18 heavy (non-hydrogen) atoms. The molecule has 1 aromatic rings. The molecule has 0 saturated heterocycles. The highest BCUT2D eigenvalue weighted by molar-refractivity contribution is 5.39. The Morgan fingerprint density at radius 1 is 1.06 bits per heavy atom. The van der Waals surface area contributed by atoms with Crippen LogP contribution in [-0.2, 0) is 0 Å². The van der Waals surface area contributed by atoms with E-state index in [4.69, 9.17) is 5.84 Å². The van der Waals surface area contributed by atoms with Crippen LogP contribution in [0.4, 0.5) is 0 Å². The molecule has 1 unspecified atom stereocenters. The van der Waals surface area contributed by atoms with Gasteiger partial charge in [0.05, 0.1) is 0 Å². The summed E-state index contributed by atoms with van der Waals surface area (Å²) in [5.74, 6) is 6.53. The molecular weight excluding hydrogens is 220 g/mol. The highest BCUT2D eigenvalue weighted by Gasteiger charge is 2.18. The molecular formula is C16H28N2. The van der Waals surface area contributed by atoms with Gasteiger partial charge >= 0.3 is 0 Å². The van der Waals surface area contributed by atoms with E-state index in [-0.39, 0.29) is 6.04 Å². The summed E-state index contributed by atoms with van der Waals surface area (Å²) in [6, 6.07) is 4.77. The summed E-state index contributed by atoms with van der Waals surface area (Å²) in [5.41, 5.74) is 8.43. The Morgan fingerprint density at radius 3 is 1.94 bits per heavy atom. The second-order valence-corrected chi connectivity index (χ2v) is 5.45. The zero-order valence-corrected chi connectivity index (χ0v) is 12.5. The van der Waals surface area contributed by atoms with Crippen LogP contribution in [0.25, 0.3) is 0 Å². The Labute approximate surface area is 112 Å². The van der Waals surface area contributed by atoms with Crippen LogP contribution in [-0.4, -0.2) is 0 Å². The van der Waals surface area contributed by atoms with Gasteiger partial charge in [-0.2, -0.15) is 0 Å². The molecule has 0 bridgehead atoms. The summed E-state index contributed by atoms with van der Waals surface area (Å²) >= 11 is 0. The number of hydrazine groups is 1. The molecule has 0 spiro atoms. The van der Waals surface area contributed by atoms with E-state index < -0.39 is 0 Å². The number of hydrogen-bond donors (Lipinski definition) is 2. The molecule has 0 heterocycles. The Morgan fingerprint density at radius 2 is 1.56 bits per heavy atom. The summed E-state index contributed by atoms with van der Waals surface area (Å²) < 4.78 is 0. The topological polar surface area (TPSA) is 38.0 Å². The second-order valence-electron chi connectivity index (χ2n) is 5.45. The fourth-order valence-electron chi connectivity index (χ4n) is 2.97. The lowest BCUT2D eigenvalue weighted by molar-refractivity contribution is 0.373. The summed E-state index contributed by atoms with van der Waals surface area (Å²) in [5, 5.41) is 0. The van der Waals surface area contributed by atoms with E-state index >= 15 is 0 Å². The number of hydrogen-bond acceptors (Lipinski definition) is 2. The zero-order valence-electron chi connectivity index (χ0n) is 12.5. The summed E-state index contributed by atoms with van der Waals surface area (Å²) in [7, 11) is 0. The maximum Gasteiger partial charge on any atom is 0.0467 e. The number of benzene rings is 1. The van der Waals surface area contributed by atoms with E-state index in [2.05, 4.69) is 52.2 Å². The minimum Gasteiger partial charge on any atom is -0.271 e. The van der Waals surface area contributed by atoms with Crippen molar-refractivity contribution in [2.75, 3.05) is 0 Å². The summed E-state index contributed by atoms with van der Waals surface area (Å²) in [6.45, 7) is 11.0. The van der Waals surface area contributed by atoms with Crippen molar-refractivity contribution in [2.45, 2.75) is 59.9 Å². The zero-order chi connectivity index (χ0) is 13.7. The number of rotatable bonds is 6. The van der Waals surface area contributed by atoms with Crippen molar-refractivity contribution in [3.8, 4) is 0 Å². The van der Waals surface area contributed by atoms with Crippen molar-refractivity contribution in [3.63, 3.8) is 0 Å². The molecule has 0 aliphatic carbocycles. The van der Waals surface area contributed by atoms with E-state index in [0.29, 0.717) is 0 Å². The van der Waals surface area contributed by atoms with Crippen LogP contribution in [0.5, 0.6) is 0 Å². The highest BCUT2D eigenvalue weighted by Crippen LogP contribution is 2.29. The monoisotopic (exact) mass is 248 g/mol. The lowest BCUT2D eigenvalue weighted by Crippen LogP contribution is -2.30. The number of aryl methyl sites for hydroxylation is 3. The molecule has 2 nitrogen and oxygen atoms in total. The van der Waals surface area contributed by atoms with E-state index in [1.807, 2.05) is 0 Å². The van der Waals surface area contributed by atoms with Crippen LogP contribution in [0.3, 0.4) is 0 Å². The molecule has 0 radical (unpaired) electrons. The van der Waals surface area contributed by atoms with E-state index in [0.717, 1.165) is 12.3 Å². The van der Waals surface area contributed by atoms with Crippen molar-refractivity contribution in [1.29, 1.82) is 0 Å². The largest absolute Gasteiger partial charge is 0.271 e. The molecule has 1 rings (SSSR count). The molecule has 0 aromatic heterocycles. The fourth-order valence-corrected chi connectivity index (χ4v) is 2.97. The smallest absolute Gasteiger partial charge is 0.0467 e. The third-order valence-electron chi connectivity index (χ3n) is 4.01. The van der Waals surface area contributed by atoms with Gasteiger partial charge in [0.2, 0.25) is 0 Å². The Balaban J connectivity index is 3.01. The summed E-state index contributed by atoms with van der Waals surface area (Å²) in [6.07, 6.45) is 3.56. The first-order chi connectivity index (χ1) is 8.53. The van der Waals surface area contributed by atoms with Crippen molar-refractivity contribution < 1.29 is 0 Å². The molecule has 1 atom stereocenters. The molecule has 0 saturated carbocycles. The first-order valence-electron chi connectivity index (χ1n) is 7.07. The van der Waals surface area contributed by atoms with Gasteiger partial charge < -0.3 is 0 Å². The molecule has 0 aliphatic rings. The van der Waals surface area contributed by atoms with Crippen LogP contribution in [0.2, 0.25) is 0 Å². The third kappa shape index (κ3) is 3.56. The van der Waals surface area contributed by atoms with Crippen LogP contribution >= 0.6 is 0 Å². The Kier molecular flexibility index (Phi) is 5.83. The molecule has 1 aromatic carbocycles. The highest BCUT2D eigenvalue weighted by atomic mass is 15.2. The van der Waals surface area contributed by atoms with E-state index in [1.54, 1.807) is 0 Å². The minimum atomic E-state index is 0.274. The predicted molar refractivity (Wildman–Crippen MR) is 79.4 cm³/mol. The van der Waals surface area contributed by atoms with Gasteiger partial charge in [0.25, 0.3) is 0 Å². The Bertz CT molecular complexity index is 358. The first-order valence-corrected chi connectivity index (χ1v) is 7.07. The summed E-state index contributed by atoms with van der Waals surface area (Å²) in [4.78, 5) is 0. The lowest BCUT2D eigenvalue weighted by Gasteiger charge is -2.25. The van der Waals surface area contributed by atoms with Crippen LogP contribution < -0.4 is 11.3 Å². The molecule has 102 valence electrons. The first kappa shape index (κ1) is 15.2. The van der Waals surface area contributed by atoms with Gasteiger partial charge in [-0.1, -0.05) is 44.4 Å². The molecule has 2 heteroatoms. The molecule has 0 amide bonds. The SMILES string of the molecule is CCC(CC)CC(NN)c1c(C)cc(C)cc1C.